The summed E-state index contributed by atoms with van der Waals surface area (Å²) < 4.78 is 26.1. The number of aryl methyl sites for hydroxylation is 1. The highest BCUT2D eigenvalue weighted by Gasteiger charge is 2.19. The predicted octanol–water partition coefficient (Wildman–Crippen LogP) is 3.42. The van der Waals surface area contributed by atoms with Gasteiger partial charge in [-0.3, -0.25) is 9.10 Å². The Bertz CT molecular complexity index is 1280. The molecule has 0 aliphatic rings. The van der Waals surface area contributed by atoms with Crippen molar-refractivity contribution in [1.29, 1.82) is 0 Å². The first kappa shape index (κ1) is 23.7. The molecule has 0 bridgehead atoms. The number of carboxylic acid groups (broad SMARTS) is 1. The normalized spacial score (nSPS) is 11.3. The van der Waals surface area contributed by atoms with Crippen molar-refractivity contribution in [3.8, 4) is 0 Å². The van der Waals surface area contributed by atoms with Crippen molar-refractivity contribution in [1.82, 2.24) is 5.43 Å². The second-order valence-electron chi connectivity index (χ2n) is 7.37. The van der Waals surface area contributed by atoms with Gasteiger partial charge in [0.15, 0.2) is 0 Å². The van der Waals surface area contributed by atoms with Crippen molar-refractivity contribution in [2.45, 2.75) is 13.5 Å². The lowest BCUT2D eigenvalue weighted by atomic mass is 10.1. The summed E-state index contributed by atoms with van der Waals surface area (Å²) in [6.45, 7) is 2.10. The molecule has 0 saturated carbocycles. The number of anilines is 1. The zero-order valence-electron chi connectivity index (χ0n) is 18.1. The molecule has 2 N–H and O–H groups in total. The van der Waals surface area contributed by atoms with Crippen LogP contribution < -0.4 is 9.73 Å². The Kier molecular flexibility index (Phi) is 7.24. The lowest BCUT2D eigenvalue weighted by Gasteiger charge is -2.23. The molecule has 0 fully saturated rings. The largest absolute Gasteiger partial charge is 0.478 e. The average molecular weight is 466 g/mol. The van der Waals surface area contributed by atoms with Crippen LogP contribution in [0.3, 0.4) is 0 Å². The van der Waals surface area contributed by atoms with Gasteiger partial charge in [-0.15, -0.1) is 0 Å². The van der Waals surface area contributed by atoms with E-state index in [1.54, 1.807) is 24.3 Å². The first-order chi connectivity index (χ1) is 15.6. The van der Waals surface area contributed by atoms with Gasteiger partial charge in [0.05, 0.1) is 30.3 Å². The Balaban J connectivity index is 1.70. The molecule has 9 heteroatoms. The standard InChI is InChI=1S/C24H23N3O5S/c1-17-5-3-4-6-21(17)16-27(33(2,31)32)22-13-11-19(12-14-22)23(28)26-25-15-18-7-9-20(10-8-18)24(29)30/h3-15H,16H2,1-2H3,(H,26,28)(H,29,30)/b25-15-. The highest BCUT2D eigenvalue weighted by atomic mass is 32.2. The van der Waals surface area contributed by atoms with Crippen LogP contribution in [-0.4, -0.2) is 37.9 Å². The molecule has 170 valence electrons. The van der Waals surface area contributed by atoms with E-state index in [2.05, 4.69) is 10.5 Å². The van der Waals surface area contributed by atoms with E-state index in [1.807, 2.05) is 31.2 Å². The average Bonchev–Trinajstić information content (AvgIpc) is 2.78. The number of hydrazone groups is 1. The maximum absolute atomic E-state index is 12.4. The molecule has 0 atom stereocenters. The van der Waals surface area contributed by atoms with E-state index < -0.39 is 21.9 Å². The van der Waals surface area contributed by atoms with Crippen LogP contribution in [0.15, 0.2) is 77.9 Å². The molecule has 1 amide bonds. The molecular weight excluding hydrogens is 442 g/mol. The molecule has 0 heterocycles. The number of carboxylic acids is 1. The summed E-state index contributed by atoms with van der Waals surface area (Å²) in [5, 5.41) is 12.8. The van der Waals surface area contributed by atoms with Crippen LogP contribution in [0.25, 0.3) is 0 Å². The summed E-state index contributed by atoms with van der Waals surface area (Å²) in [5.41, 5.74) is 5.79. The van der Waals surface area contributed by atoms with Crippen LogP contribution in [0.4, 0.5) is 5.69 Å². The Labute approximate surface area is 192 Å². The summed E-state index contributed by atoms with van der Waals surface area (Å²) in [6, 6.07) is 19.8. The van der Waals surface area contributed by atoms with E-state index in [0.29, 0.717) is 16.8 Å². The molecule has 0 aliphatic heterocycles. The third-order valence-electron chi connectivity index (χ3n) is 4.93. The second kappa shape index (κ2) is 10.1. The molecule has 0 radical (unpaired) electrons. The van der Waals surface area contributed by atoms with Crippen molar-refractivity contribution in [3.05, 3.63) is 101 Å². The number of hydrogen-bond acceptors (Lipinski definition) is 5. The van der Waals surface area contributed by atoms with Crippen LogP contribution in [0.5, 0.6) is 0 Å². The van der Waals surface area contributed by atoms with Crippen LogP contribution in [0.2, 0.25) is 0 Å². The molecule has 0 saturated heterocycles. The van der Waals surface area contributed by atoms with Crippen LogP contribution in [-0.2, 0) is 16.6 Å². The van der Waals surface area contributed by atoms with Crippen molar-refractivity contribution in [2.24, 2.45) is 5.10 Å². The van der Waals surface area contributed by atoms with Crippen molar-refractivity contribution in [2.75, 3.05) is 10.6 Å². The minimum absolute atomic E-state index is 0.154. The summed E-state index contributed by atoms with van der Waals surface area (Å²) in [7, 11) is -3.55. The Morgan fingerprint density at radius 2 is 1.58 bits per heavy atom. The fourth-order valence-corrected chi connectivity index (χ4v) is 3.94. The molecule has 8 nitrogen and oxygen atoms in total. The molecule has 0 aliphatic carbocycles. The molecule has 33 heavy (non-hydrogen) atoms. The first-order valence-corrected chi connectivity index (χ1v) is 11.8. The van der Waals surface area contributed by atoms with Gasteiger partial charge >= 0.3 is 5.97 Å². The molecule has 0 aromatic heterocycles. The lowest BCUT2D eigenvalue weighted by molar-refractivity contribution is 0.0696. The van der Waals surface area contributed by atoms with Gasteiger partial charge in [-0.05, 0) is 60.0 Å². The highest BCUT2D eigenvalue weighted by Crippen LogP contribution is 2.22. The van der Waals surface area contributed by atoms with Crippen LogP contribution in [0, 0.1) is 6.92 Å². The van der Waals surface area contributed by atoms with Crippen LogP contribution >= 0.6 is 0 Å². The van der Waals surface area contributed by atoms with Gasteiger partial charge in [-0.25, -0.2) is 18.6 Å². The Morgan fingerprint density at radius 1 is 0.970 bits per heavy atom. The number of sulfonamides is 1. The third-order valence-corrected chi connectivity index (χ3v) is 6.07. The van der Waals surface area contributed by atoms with Crippen LogP contribution in [0.1, 0.15) is 37.4 Å². The van der Waals surface area contributed by atoms with E-state index in [-0.39, 0.29) is 12.1 Å². The third kappa shape index (κ3) is 6.27. The minimum Gasteiger partial charge on any atom is -0.478 e. The second-order valence-corrected chi connectivity index (χ2v) is 9.28. The Hall–Kier alpha value is -3.98. The van der Waals surface area contributed by atoms with Gasteiger partial charge < -0.3 is 5.11 Å². The summed E-state index contributed by atoms with van der Waals surface area (Å²) >= 11 is 0. The number of nitrogens with zero attached hydrogens (tertiary/aromatic N) is 2. The Morgan fingerprint density at radius 3 is 2.15 bits per heavy atom. The minimum atomic E-state index is -3.55. The lowest BCUT2D eigenvalue weighted by Crippen LogP contribution is -2.29. The van der Waals surface area contributed by atoms with E-state index in [0.717, 1.165) is 17.4 Å². The topological polar surface area (TPSA) is 116 Å². The number of aromatic carboxylic acids is 1. The monoisotopic (exact) mass is 465 g/mol. The number of rotatable bonds is 8. The summed E-state index contributed by atoms with van der Waals surface area (Å²) in [6.07, 6.45) is 2.54. The fraction of sp³-hybridized carbons (Fsp3) is 0.125. The zero-order valence-corrected chi connectivity index (χ0v) is 18.9. The van der Waals surface area contributed by atoms with Gasteiger partial charge in [0.1, 0.15) is 0 Å². The van der Waals surface area contributed by atoms with E-state index in [4.69, 9.17) is 5.11 Å². The molecule has 0 unspecified atom stereocenters. The van der Waals surface area contributed by atoms with Gasteiger partial charge in [0.2, 0.25) is 10.0 Å². The number of amides is 1. The number of benzene rings is 3. The highest BCUT2D eigenvalue weighted by molar-refractivity contribution is 7.92. The number of carbonyl (C=O) groups excluding carboxylic acids is 1. The maximum atomic E-state index is 12.4. The van der Waals surface area contributed by atoms with Gasteiger partial charge in [-0.1, -0.05) is 36.4 Å². The van der Waals surface area contributed by atoms with Crippen molar-refractivity contribution in [3.63, 3.8) is 0 Å². The quantitative estimate of drug-likeness (QED) is 0.391. The summed E-state index contributed by atoms with van der Waals surface area (Å²) in [4.78, 5) is 23.2. The van der Waals surface area contributed by atoms with Gasteiger partial charge in [-0.2, -0.15) is 5.10 Å². The number of nitrogens with one attached hydrogen (secondary N) is 1. The number of hydrogen-bond donors (Lipinski definition) is 2. The fourth-order valence-electron chi connectivity index (χ4n) is 3.06. The molecular formula is C24H23N3O5S. The van der Waals surface area contributed by atoms with Gasteiger partial charge in [0, 0.05) is 5.56 Å². The summed E-state index contributed by atoms with van der Waals surface area (Å²) in [5.74, 6) is -1.49. The molecule has 3 rings (SSSR count). The zero-order chi connectivity index (χ0) is 24.0. The molecule has 3 aromatic rings. The number of carbonyl (C=O) groups is 2. The maximum Gasteiger partial charge on any atom is 0.335 e. The van der Waals surface area contributed by atoms with Gasteiger partial charge in [0.25, 0.3) is 5.91 Å². The van der Waals surface area contributed by atoms with Crippen molar-refractivity contribution >= 4 is 33.8 Å². The molecule has 0 spiro atoms. The SMILES string of the molecule is Cc1ccccc1CN(c1ccc(C(=O)N/N=C\c2ccc(C(=O)O)cc2)cc1)S(C)(=O)=O. The van der Waals surface area contributed by atoms with E-state index in [9.17, 15) is 18.0 Å². The smallest absolute Gasteiger partial charge is 0.335 e. The van der Waals surface area contributed by atoms with E-state index in [1.165, 1.54) is 34.8 Å². The predicted molar refractivity (Wildman–Crippen MR) is 127 cm³/mol. The van der Waals surface area contributed by atoms with Crippen molar-refractivity contribution < 1.29 is 23.1 Å². The first-order valence-electron chi connectivity index (χ1n) is 9.94. The van der Waals surface area contributed by atoms with E-state index >= 15 is 0 Å². The molecule has 3 aromatic carbocycles.